The lowest BCUT2D eigenvalue weighted by atomic mass is 9.85. The van der Waals surface area contributed by atoms with Crippen molar-refractivity contribution < 1.29 is 19.1 Å². The van der Waals surface area contributed by atoms with Crippen molar-refractivity contribution in [3.8, 4) is 0 Å². The van der Waals surface area contributed by atoms with Gasteiger partial charge in [0.05, 0.1) is 0 Å². The highest BCUT2D eigenvalue weighted by molar-refractivity contribution is 5.82. The van der Waals surface area contributed by atoms with Gasteiger partial charge in [-0.05, 0) is 30.7 Å². The molecule has 134 valence electrons. The van der Waals surface area contributed by atoms with Crippen LogP contribution in [0.25, 0.3) is 0 Å². The Hall–Kier alpha value is -2.30. The minimum absolute atomic E-state index is 0.0836. The third-order valence-corrected chi connectivity index (χ3v) is 5.12. The smallest absolute Gasteiger partial charge is 0.411 e. The van der Waals surface area contributed by atoms with Gasteiger partial charge >= 0.3 is 12.1 Å². The van der Waals surface area contributed by atoms with Crippen LogP contribution in [0, 0.1) is 5.92 Å². The highest BCUT2D eigenvalue weighted by atomic mass is 16.6. The van der Waals surface area contributed by atoms with E-state index in [2.05, 4.69) is 6.58 Å². The van der Waals surface area contributed by atoms with Gasteiger partial charge in [0.25, 0.3) is 0 Å². The molecular formula is C20H25NO4. The van der Waals surface area contributed by atoms with Crippen LogP contribution in [0.15, 0.2) is 43.0 Å². The lowest BCUT2D eigenvalue weighted by Crippen LogP contribution is -2.47. The van der Waals surface area contributed by atoms with Gasteiger partial charge in [0, 0.05) is 6.04 Å². The molecule has 2 aliphatic rings. The standard InChI is InChI=1S/C20H25NO4/c1-2-12-24-20(23)21-17-11-7-6-10-16(17)13-18(21)19(22)25-14-15-8-4-3-5-9-15/h2-5,8-9,16-18H,1,6-7,10-14H2/t16-,17-,18-/m1/s1. The molecule has 0 N–H and O–H groups in total. The molecule has 0 aromatic heterocycles. The first-order valence-electron chi connectivity index (χ1n) is 8.97. The molecule has 0 radical (unpaired) electrons. The molecule has 1 saturated carbocycles. The van der Waals surface area contributed by atoms with Crippen molar-refractivity contribution in [3.63, 3.8) is 0 Å². The molecule has 1 aliphatic carbocycles. The summed E-state index contributed by atoms with van der Waals surface area (Å²) in [5.41, 5.74) is 0.937. The zero-order valence-corrected chi connectivity index (χ0v) is 14.4. The monoisotopic (exact) mass is 343 g/mol. The van der Waals surface area contributed by atoms with E-state index in [1.54, 1.807) is 4.90 Å². The quantitative estimate of drug-likeness (QED) is 0.604. The number of rotatable bonds is 5. The molecule has 1 amide bonds. The number of carbonyl (C=O) groups is 2. The number of esters is 1. The molecule has 0 unspecified atom stereocenters. The number of carbonyl (C=O) groups excluding carboxylic acids is 2. The average Bonchev–Trinajstić information content (AvgIpc) is 3.04. The molecule has 1 saturated heterocycles. The lowest BCUT2D eigenvalue weighted by Gasteiger charge is -2.32. The van der Waals surface area contributed by atoms with Crippen molar-refractivity contribution in [2.45, 2.75) is 50.8 Å². The molecule has 5 heteroatoms. The number of hydrogen-bond acceptors (Lipinski definition) is 4. The van der Waals surface area contributed by atoms with Crippen LogP contribution >= 0.6 is 0 Å². The number of hydrogen-bond donors (Lipinski definition) is 0. The van der Waals surface area contributed by atoms with E-state index < -0.39 is 12.1 Å². The van der Waals surface area contributed by atoms with E-state index in [4.69, 9.17) is 9.47 Å². The summed E-state index contributed by atoms with van der Waals surface area (Å²) in [6, 6.07) is 9.10. The maximum Gasteiger partial charge on any atom is 0.411 e. The summed E-state index contributed by atoms with van der Waals surface area (Å²) in [5, 5.41) is 0. The third-order valence-electron chi connectivity index (χ3n) is 5.12. The second-order valence-electron chi connectivity index (χ2n) is 6.73. The summed E-state index contributed by atoms with van der Waals surface area (Å²) in [5.74, 6) is 0.0214. The Bertz CT molecular complexity index is 615. The van der Waals surface area contributed by atoms with Crippen molar-refractivity contribution in [2.24, 2.45) is 5.92 Å². The van der Waals surface area contributed by atoms with Crippen molar-refractivity contribution in [1.29, 1.82) is 0 Å². The van der Waals surface area contributed by atoms with Crippen LogP contribution in [-0.2, 0) is 20.9 Å². The fraction of sp³-hybridized carbons (Fsp3) is 0.500. The number of likely N-dealkylation sites (tertiary alicyclic amines) is 1. The minimum Gasteiger partial charge on any atom is -0.459 e. The Balaban J connectivity index is 1.68. The minimum atomic E-state index is -0.547. The van der Waals surface area contributed by atoms with Gasteiger partial charge in [-0.1, -0.05) is 55.8 Å². The third kappa shape index (κ3) is 4.03. The molecule has 1 heterocycles. The first-order chi connectivity index (χ1) is 12.2. The normalized spacial score (nSPS) is 25.1. The van der Waals surface area contributed by atoms with Crippen LogP contribution in [-0.4, -0.2) is 35.7 Å². The van der Waals surface area contributed by atoms with E-state index in [0.717, 1.165) is 31.2 Å². The van der Waals surface area contributed by atoms with Gasteiger partial charge in [0.15, 0.2) is 0 Å². The Morgan fingerprint density at radius 1 is 1.16 bits per heavy atom. The summed E-state index contributed by atoms with van der Waals surface area (Å²) in [6.07, 6.45) is 5.99. The topological polar surface area (TPSA) is 55.8 Å². The summed E-state index contributed by atoms with van der Waals surface area (Å²) in [6.45, 7) is 3.95. The molecule has 3 atom stereocenters. The van der Waals surface area contributed by atoms with Crippen molar-refractivity contribution >= 4 is 12.1 Å². The van der Waals surface area contributed by atoms with Crippen LogP contribution in [0.5, 0.6) is 0 Å². The first-order valence-corrected chi connectivity index (χ1v) is 8.97. The van der Waals surface area contributed by atoms with Gasteiger partial charge in [0.1, 0.15) is 19.3 Å². The number of fused-ring (bicyclic) bond motifs is 1. The van der Waals surface area contributed by atoms with Crippen LogP contribution in [0.2, 0.25) is 0 Å². The number of amides is 1. The molecule has 2 fully saturated rings. The predicted octanol–water partition coefficient (Wildman–Crippen LogP) is 3.69. The molecule has 25 heavy (non-hydrogen) atoms. The van der Waals surface area contributed by atoms with Gasteiger partial charge < -0.3 is 9.47 Å². The summed E-state index contributed by atoms with van der Waals surface area (Å²) in [4.78, 5) is 26.8. The fourth-order valence-corrected chi connectivity index (χ4v) is 3.96. The first kappa shape index (κ1) is 17.5. The molecule has 5 nitrogen and oxygen atoms in total. The van der Waals surface area contributed by atoms with E-state index in [0.29, 0.717) is 12.3 Å². The molecule has 0 spiro atoms. The Morgan fingerprint density at radius 3 is 2.68 bits per heavy atom. The lowest BCUT2D eigenvalue weighted by molar-refractivity contribution is -0.150. The Morgan fingerprint density at radius 2 is 1.92 bits per heavy atom. The number of nitrogens with zero attached hydrogens (tertiary/aromatic N) is 1. The SMILES string of the molecule is C=CCOC(=O)N1[C@@H](C(=O)OCc2ccccc2)C[C@H]2CCCC[C@H]21. The van der Waals surface area contributed by atoms with Crippen molar-refractivity contribution in [3.05, 3.63) is 48.6 Å². The van der Waals surface area contributed by atoms with Crippen LogP contribution in [0.1, 0.15) is 37.7 Å². The Labute approximate surface area is 148 Å². The Kier molecular flexibility index (Phi) is 5.74. The number of ether oxygens (including phenoxy) is 2. The van der Waals surface area contributed by atoms with E-state index in [9.17, 15) is 9.59 Å². The van der Waals surface area contributed by atoms with Crippen LogP contribution in [0.3, 0.4) is 0 Å². The van der Waals surface area contributed by atoms with Gasteiger partial charge in [-0.15, -0.1) is 0 Å². The van der Waals surface area contributed by atoms with Gasteiger partial charge in [-0.3, -0.25) is 4.90 Å². The summed E-state index contributed by atoms with van der Waals surface area (Å²) < 4.78 is 10.7. The molecule has 0 bridgehead atoms. The summed E-state index contributed by atoms with van der Waals surface area (Å²) in [7, 11) is 0. The largest absolute Gasteiger partial charge is 0.459 e. The molecular weight excluding hydrogens is 318 g/mol. The maximum absolute atomic E-state index is 12.7. The molecule has 1 aromatic rings. The molecule has 3 rings (SSSR count). The number of benzene rings is 1. The second-order valence-corrected chi connectivity index (χ2v) is 6.73. The fourth-order valence-electron chi connectivity index (χ4n) is 3.96. The van der Waals surface area contributed by atoms with E-state index in [1.165, 1.54) is 6.08 Å². The zero-order chi connectivity index (χ0) is 17.6. The molecule has 1 aliphatic heterocycles. The van der Waals surface area contributed by atoms with Crippen molar-refractivity contribution in [2.75, 3.05) is 6.61 Å². The van der Waals surface area contributed by atoms with E-state index in [-0.39, 0.29) is 25.2 Å². The van der Waals surface area contributed by atoms with Crippen LogP contribution in [0.4, 0.5) is 4.79 Å². The van der Waals surface area contributed by atoms with E-state index in [1.807, 2.05) is 30.3 Å². The molecule has 1 aromatic carbocycles. The van der Waals surface area contributed by atoms with Gasteiger partial charge in [-0.25, -0.2) is 9.59 Å². The second kappa shape index (κ2) is 8.19. The highest BCUT2D eigenvalue weighted by Crippen LogP contribution is 2.40. The van der Waals surface area contributed by atoms with E-state index >= 15 is 0 Å². The van der Waals surface area contributed by atoms with Gasteiger partial charge in [-0.2, -0.15) is 0 Å². The van der Waals surface area contributed by atoms with Gasteiger partial charge in [0.2, 0.25) is 0 Å². The average molecular weight is 343 g/mol. The highest BCUT2D eigenvalue weighted by Gasteiger charge is 2.48. The predicted molar refractivity (Wildman–Crippen MR) is 93.8 cm³/mol. The van der Waals surface area contributed by atoms with Crippen molar-refractivity contribution in [1.82, 2.24) is 4.90 Å². The maximum atomic E-state index is 12.7. The zero-order valence-electron chi connectivity index (χ0n) is 14.4. The van der Waals surface area contributed by atoms with Crippen LogP contribution < -0.4 is 0 Å². The summed E-state index contributed by atoms with van der Waals surface area (Å²) >= 11 is 0.